The fraction of sp³-hybridized carbons (Fsp3) is 0.185. The Morgan fingerprint density at radius 1 is 0.586 bits per heavy atom. The van der Waals surface area contributed by atoms with Gasteiger partial charge in [0.25, 0.3) is 0 Å². The fourth-order valence-corrected chi connectivity index (χ4v) is 4.99. The van der Waals surface area contributed by atoms with Crippen LogP contribution < -0.4 is 0 Å². The minimum absolute atomic E-state index is 0.254. The fourth-order valence-electron chi connectivity index (χ4n) is 4.99. The first-order valence-electron chi connectivity index (χ1n) is 10.3. The lowest BCUT2D eigenvalue weighted by atomic mass is 9.76. The van der Waals surface area contributed by atoms with E-state index in [1.807, 2.05) is 0 Å². The van der Waals surface area contributed by atoms with Gasteiger partial charge in [-0.05, 0) is 48.6 Å². The number of para-hydroxylation sites is 2. The maximum Gasteiger partial charge on any atom is 0.0459 e. The monoisotopic (exact) mass is 378 g/mol. The highest BCUT2D eigenvalue weighted by Crippen LogP contribution is 2.46. The summed E-state index contributed by atoms with van der Waals surface area (Å²) in [6.07, 6.45) is 0. The second kappa shape index (κ2) is 6.97. The van der Waals surface area contributed by atoms with E-state index in [1.165, 1.54) is 49.9 Å². The smallest absolute Gasteiger partial charge is 0.0459 e. The lowest BCUT2D eigenvalue weighted by Crippen LogP contribution is -2.12. The van der Waals surface area contributed by atoms with Crippen LogP contribution in [0, 0.1) is 13.8 Å². The number of nitrogens with one attached hydrogen (secondary N) is 2. The van der Waals surface area contributed by atoms with Gasteiger partial charge >= 0.3 is 0 Å². The summed E-state index contributed by atoms with van der Waals surface area (Å²) in [4.78, 5) is 7.27. The lowest BCUT2D eigenvalue weighted by molar-refractivity contribution is 0.658. The van der Waals surface area contributed by atoms with Crippen molar-refractivity contribution in [2.24, 2.45) is 0 Å². The Kier molecular flexibility index (Phi) is 4.28. The number of hydrogen-bond acceptors (Lipinski definition) is 0. The standard InChI is InChI=1S/C27H26N2/c1-17(20-11-5-4-6-12-20)25(26-18(2)28-23-15-9-7-13-21(23)26)27-19(3)29-24-16-10-8-14-22(24)27/h4-17,25,28-29H,1-3H3. The summed E-state index contributed by atoms with van der Waals surface area (Å²) < 4.78 is 0. The van der Waals surface area contributed by atoms with E-state index in [-0.39, 0.29) is 5.92 Å². The Morgan fingerprint density at radius 3 is 1.55 bits per heavy atom. The third-order valence-electron chi connectivity index (χ3n) is 6.33. The Hall–Kier alpha value is -3.26. The molecule has 0 bridgehead atoms. The molecule has 29 heavy (non-hydrogen) atoms. The normalized spacial score (nSPS) is 12.8. The third-order valence-corrected chi connectivity index (χ3v) is 6.33. The quantitative estimate of drug-likeness (QED) is 0.331. The lowest BCUT2D eigenvalue weighted by Gasteiger charge is -2.26. The molecular weight excluding hydrogens is 352 g/mol. The molecule has 0 saturated heterocycles. The summed E-state index contributed by atoms with van der Waals surface area (Å²) >= 11 is 0. The Bertz CT molecular complexity index is 1210. The predicted molar refractivity (Wildman–Crippen MR) is 123 cm³/mol. The van der Waals surface area contributed by atoms with Crippen LogP contribution in [0.4, 0.5) is 0 Å². The minimum Gasteiger partial charge on any atom is -0.358 e. The van der Waals surface area contributed by atoms with Crippen LogP contribution >= 0.6 is 0 Å². The van der Waals surface area contributed by atoms with Gasteiger partial charge in [-0.2, -0.15) is 0 Å². The van der Waals surface area contributed by atoms with Crippen molar-refractivity contribution in [3.8, 4) is 0 Å². The van der Waals surface area contributed by atoms with Crippen LogP contribution in [-0.4, -0.2) is 9.97 Å². The van der Waals surface area contributed by atoms with Gasteiger partial charge in [-0.25, -0.2) is 0 Å². The number of aromatic nitrogens is 2. The number of aromatic amines is 2. The zero-order chi connectivity index (χ0) is 20.0. The van der Waals surface area contributed by atoms with E-state index >= 15 is 0 Å². The molecule has 0 spiro atoms. The molecule has 5 aromatic rings. The number of rotatable bonds is 4. The van der Waals surface area contributed by atoms with Gasteiger partial charge in [-0.15, -0.1) is 0 Å². The molecule has 2 nitrogen and oxygen atoms in total. The van der Waals surface area contributed by atoms with Crippen molar-refractivity contribution < 1.29 is 0 Å². The molecular formula is C27H26N2. The van der Waals surface area contributed by atoms with E-state index in [1.54, 1.807) is 0 Å². The molecule has 0 aliphatic carbocycles. The first-order valence-corrected chi connectivity index (χ1v) is 10.3. The zero-order valence-corrected chi connectivity index (χ0v) is 17.2. The van der Waals surface area contributed by atoms with Gasteiger partial charge in [-0.1, -0.05) is 73.7 Å². The molecule has 1 atom stereocenters. The van der Waals surface area contributed by atoms with E-state index in [9.17, 15) is 0 Å². The molecule has 0 fully saturated rings. The summed E-state index contributed by atoms with van der Waals surface area (Å²) in [6.45, 7) is 6.79. The van der Waals surface area contributed by atoms with Crippen LogP contribution in [0.25, 0.3) is 21.8 Å². The Morgan fingerprint density at radius 2 is 1.03 bits per heavy atom. The van der Waals surface area contributed by atoms with E-state index in [0.717, 1.165) is 0 Å². The highest BCUT2D eigenvalue weighted by molar-refractivity contribution is 5.90. The number of fused-ring (bicyclic) bond motifs is 2. The minimum atomic E-state index is 0.254. The summed E-state index contributed by atoms with van der Waals surface area (Å²) in [6, 6.07) is 28.3. The predicted octanol–water partition coefficient (Wildman–Crippen LogP) is 7.20. The summed E-state index contributed by atoms with van der Waals surface area (Å²) in [5.74, 6) is 0.594. The highest BCUT2D eigenvalue weighted by atomic mass is 14.7. The zero-order valence-electron chi connectivity index (χ0n) is 17.2. The summed E-state index contributed by atoms with van der Waals surface area (Å²) in [7, 11) is 0. The van der Waals surface area contributed by atoms with Crippen LogP contribution in [0.3, 0.4) is 0 Å². The molecule has 2 heteroatoms. The van der Waals surface area contributed by atoms with Gasteiger partial charge in [0, 0.05) is 39.1 Å². The Balaban J connectivity index is 1.82. The molecule has 1 unspecified atom stereocenters. The van der Waals surface area contributed by atoms with Crippen molar-refractivity contribution in [3.63, 3.8) is 0 Å². The molecule has 3 aromatic carbocycles. The first kappa shape index (κ1) is 17.8. The van der Waals surface area contributed by atoms with Crippen molar-refractivity contribution >= 4 is 21.8 Å². The molecule has 2 N–H and O–H groups in total. The maximum absolute atomic E-state index is 3.63. The second-order valence-electron chi connectivity index (χ2n) is 8.10. The molecule has 0 aliphatic rings. The van der Waals surface area contributed by atoms with Gasteiger partial charge in [-0.3, -0.25) is 0 Å². The molecule has 2 aromatic heterocycles. The van der Waals surface area contributed by atoms with E-state index in [0.29, 0.717) is 5.92 Å². The van der Waals surface area contributed by atoms with Crippen LogP contribution in [0.2, 0.25) is 0 Å². The molecule has 0 saturated carbocycles. The number of hydrogen-bond donors (Lipinski definition) is 2. The van der Waals surface area contributed by atoms with E-state index in [4.69, 9.17) is 0 Å². The van der Waals surface area contributed by atoms with Crippen LogP contribution in [0.1, 0.15) is 46.8 Å². The van der Waals surface area contributed by atoms with Gasteiger partial charge < -0.3 is 9.97 Å². The van der Waals surface area contributed by atoms with E-state index < -0.39 is 0 Å². The van der Waals surface area contributed by atoms with Crippen molar-refractivity contribution in [2.75, 3.05) is 0 Å². The second-order valence-corrected chi connectivity index (χ2v) is 8.10. The van der Waals surface area contributed by atoms with Gasteiger partial charge in [0.15, 0.2) is 0 Å². The Labute approximate surface area is 171 Å². The molecule has 144 valence electrons. The van der Waals surface area contributed by atoms with Gasteiger partial charge in [0.05, 0.1) is 0 Å². The molecule has 0 amide bonds. The highest BCUT2D eigenvalue weighted by Gasteiger charge is 2.30. The summed E-state index contributed by atoms with van der Waals surface area (Å²) in [5, 5.41) is 2.64. The van der Waals surface area contributed by atoms with Crippen LogP contribution in [0.15, 0.2) is 78.9 Å². The molecule has 2 heterocycles. The first-order chi connectivity index (χ1) is 14.1. The summed E-state index contributed by atoms with van der Waals surface area (Å²) in [5.41, 5.74) is 9.11. The molecule has 5 rings (SSSR count). The average Bonchev–Trinajstić information content (AvgIpc) is 3.25. The topological polar surface area (TPSA) is 31.6 Å². The average molecular weight is 379 g/mol. The van der Waals surface area contributed by atoms with Crippen molar-refractivity contribution in [1.29, 1.82) is 0 Å². The van der Waals surface area contributed by atoms with Crippen molar-refractivity contribution in [1.82, 2.24) is 9.97 Å². The van der Waals surface area contributed by atoms with Crippen molar-refractivity contribution in [2.45, 2.75) is 32.6 Å². The number of aryl methyl sites for hydroxylation is 2. The number of benzene rings is 3. The molecule has 0 radical (unpaired) electrons. The third kappa shape index (κ3) is 2.87. The van der Waals surface area contributed by atoms with Crippen molar-refractivity contribution in [3.05, 3.63) is 107 Å². The maximum atomic E-state index is 3.63. The number of H-pyrrole nitrogens is 2. The van der Waals surface area contributed by atoms with E-state index in [2.05, 4.69) is 110 Å². The van der Waals surface area contributed by atoms with Crippen LogP contribution in [0.5, 0.6) is 0 Å². The largest absolute Gasteiger partial charge is 0.358 e. The SMILES string of the molecule is Cc1[nH]c2ccccc2c1C(c1c(C)[nH]c2ccccc12)C(C)c1ccccc1. The van der Waals surface area contributed by atoms with Gasteiger partial charge in [0.2, 0.25) is 0 Å². The molecule has 0 aliphatic heterocycles. The van der Waals surface area contributed by atoms with Crippen LogP contribution in [-0.2, 0) is 0 Å². The van der Waals surface area contributed by atoms with Gasteiger partial charge in [0.1, 0.15) is 0 Å².